The summed E-state index contributed by atoms with van der Waals surface area (Å²) >= 11 is 0. The maximum absolute atomic E-state index is 10.5. The summed E-state index contributed by atoms with van der Waals surface area (Å²) in [5.41, 5.74) is 7.18. The fourth-order valence-corrected chi connectivity index (χ4v) is 4.47. The third-order valence-corrected chi connectivity index (χ3v) is 6.21. The second kappa shape index (κ2) is 8.79. The Bertz CT molecular complexity index is 1130. The van der Waals surface area contributed by atoms with Crippen molar-refractivity contribution in [2.75, 3.05) is 0 Å². The minimum absolute atomic E-state index is 0.337. The van der Waals surface area contributed by atoms with Crippen LogP contribution in [0.2, 0.25) is 0 Å². The van der Waals surface area contributed by atoms with E-state index in [0.29, 0.717) is 12.5 Å². The van der Waals surface area contributed by atoms with Crippen LogP contribution in [0.15, 0.2) is 103 Å². The summed E-state index contributed by atoms with van der Waals surface area (Å²) in [6, 6.07) is 35.5. The maximum atomic E-state index is 10.5. The minimum Gasteiger partial charge on any atom is -0.489 e. The normalized spacial score (nSPS) is 17.7. The van der Waals surface area contributed by atoms with Gasteiger partial charge in [-0.05, 0) is 64.3 Å². The molecule has 0 saturated carbocycles. The SMILES string of the molecule is OC1CC(c2ccc(OCc3ccc(-c4ccccc4)cc3)cc2)Cc2ccccc21. The van der Waals surface area contributed by atoms with Gasteiger partial charge in [0, 0.05) is 0 Å². The zero-order valence-corrected chi connectivity index (χ0v) is 17.4. The first-order chi connectivity index (χ1) is 15.3. The average molecular weight is 407 g/mol. The molecule has 0 aromatic heterocycles. The first-order valence-electron chi connectivity index (χ1n) is 10.9. The Kier molecular flexibility index (Phi) is 5.56. The molecule has 0 saturated heterocycles. The van der Waals surface area contributed by atoms with E-state index in [2.05, 4.69) is 72.8 Å². The van der Waals surface area contributed by atoms with Gasteiger partial charge in [0.05, 0.1) is 6.10 Å². The zero-order valence-electron chi connectivity index (χ0n) is 17.4. The minimum atomic E-state index is -0.385. The molecule has 0 heterocycles. The molecule has 4 aromatic carbocycles. The monoisotopic (exact) mass is 406 g/mol. The Morgan fingerprint density at radius 1 is 0.710 bits per heavy atom. The van der Waals surface area contributed by atoms with Gasteiger partial charge in [-0.15, -0.1) is 0 Å². The molecule has 4 aromatic rings. The number of rotatable bonds is 5. The highest BCUT2D eigenvalue weighted by molar-refractivity contribution is 5.63. The topological polar surface area (TPSA) is 29.5 Å². The van der Waals surface area contributed by atoms with Crippen molar-refractivity contribution < 1.29 is 9.84 Å². The Morgan fingerprint density at radius 3 is 2.16 bits per heavy atom. The molecule has 31 heavy (non-hydrogen) atoms. The lowest BCUT2D eigenvalue weighted by Gasteiger charge is -2.29. The maximum Gasteiger partial charge on any atom is 0.119 e. The van der Waals surface area contributed by atoms with Crippen molar-refractivity contribution in [1.82, 2.24) is 0 Å². The number of hydrogen-bond donors (Lipinski definition) is 1. The Balaban J connectivity index is 1.21. The molecule has 1 aliphatic rings. The van der Waals surface area contributed by atoms with Crippen molar-refractivity contribution in [1.29, 1.82) is 0 Å². The Labute approximate surface area is 183 Å². The van der Waals surface area contributed by atoms with Gasteiger partial charge < -0.3 is 9.84 Å². The van der Waals surface area contributed by atoms with Crippen LogP contribution in [-0.2, 0) is 13.0 Å². The summed E-state index contributed by atoms with van der Waals surface area (Å²) in [4.78, 5) is 0. The average Bonchev–Trinajstić information content (AvgIpc) is 2.84. The van der Waals surface area contributed by atoms with Gasteiger partial charge in [0.1, 0.15) is 12.4 Å². The van der Waals surface area contributed by atoms with Gasteiger partial charge in [-0.25, -0.2) is 0 Å². The highest BCUT2D eigenvalue weighted by atomic mass is 16.5. The number of aliphatic hydroxyl groups is 1. The van der Waals surface area contributed by atoms with Gasteiger partial charge in [0.25, 0.3) is 0 Å². The van der Waals surface area contributed by atoms with Crippen LogP contribution in [0.25, 0.3) is 11.1 Å². The van der Waals surface area contributed by atoms with Crippen LogP contribution in [0, 0.1) is 0 Å². The first kappa shape index (κ1) is 19.6. The lowest BCUT2D eigenvalue weighted by molar-refractivity contribution is 0.147. The summed E-state index contributed by atoms with van der Waals surface area (Å²) in [7, 11) is 0. The summed E-state index contributed by atoms with van der Waals surface area (Å²) in [5, 5.41) is 10.5. The Hall–Kier alpha value is -3.36. The van der Waals surface area contributed by atoms with Gasteiger partial charge in [-0.3, -0.25) is 0 Å². The van der Waals surface area contributed by atoms with Crippen molar-refractivity contribution in [2.24, 2.45) is 0 Å². The predicted octanol–water partition coefficient (Wildman–Crippen LogP) is 6.70. The lowest BCUT2D eigenvalue weighted by Crippen LogP contribution is -2.17. The second-order valence-corrected chi connectivity index (χ2v) is 8.27. The lowest BCUT2D eigenvalue weighted by atomic mass is 9.79. The standard InChI is InChI=1S/C29H26O2/c30-29-19-26(18-25-8-4-5-9-28(25)29)24-14-16-27(17-15-24)31-20-21-10-12-23(13-11-21)22-6-2-1-3-7-22/h1-17,26,29-30H,18-20H2. The molecule has 2 atom stereocenters. The molecule has 2 nitrogen and oxygen atoms in total. The van der Waals surface area contributed by atoms with Crippen molar-refractivity contribution in [3.63, 3.8) is 0 Å². The van der Waals surface area contributed by atoms with Crippen LogP contribution < -0.4 is 4.74 Å². The van der Waals surface area contributed by atoms with Crippen LogP contribution in [0.3, 0.4) is 0 Å². The van der Waals surface area contributed by atoms with E-state index < -0.39 is 0 Å². The van der Waals surface area contributed by atoms with Crippen molar-refractivity contribution >= 4 is 0 Å². The van der Waals surface area contributed by atoms with E-state index >= 15 is 0 Å². The largest absolute Gasteiger partial charge is 0.489 e. The smallest absolute Gasteiger partial charge is 0.119 e. The highest BCUT2D eigenvalue weighted by Crippen LogP contribution is 2.38. The Morgan fingerprint density at radius 2 is 1.39 bits per heavy atom. The fourth-order valence-electron chi connectivity index (χ4n) is 4.47. The summed E-state index contributed by atoms with van der Waals surface area (Å²) in [6.45, 7) is 0.546. The quantitative estimate of drug-likeness (QED) is 0.400. The molecule has 2 unspecified atom stereocenters. The predicted molar refractivity (Wildman–Crippen MR) is 125 cm³/mol. The van der Waals surface area contributed by atoms with E-state index in [1.54, 1.807) is 0 Å². The van der Waals surface area contributed by atoms with Crippen molar-refractivity contribution in [3.05, 3.63) is 125 Å². The molecule has 0 amide bonds. The van der Waals surface area contributed by atoms with E-state index in [4.69, 9.17) is 4.74 Å². The van der Waals surface area contributed by atoms with E-state index in [1.807, 2.05) is 30.3 Å². The van der Waals surface area contributed by atoms with Crippen molar-refractivity contribution in [3.8, 4) is 16.9 Å². The van der Waals surface area contributed by atoms with E-state index in [1.165, 1.54) is 22.3 Å². The van der Waals surface area contributed by atoms with E-state index in [9.17, 15) is 5.11 Å². The molecule has 2 heteroatoms. The van der Waals surface area contributed by atoms with Gasteiger partial charge in [-0.2, -0.15) is 0 Å². The van der Waals surface area contributed by atoms with E-state index in [0.717, 1.165) is 29.7 Å². The van der Waals surface area contributed by atoms with Crippen LogP contribution >= 0.6 is 0 Å². The summed E-state index contributed by atoms with van der Waals surface area (Å²) in [5.74, 6) is 1.21. The molecule has 0 spiro atoms. The van der Waals surface area contributed by atoms with Crippen LogP contribution in [-0.4, -0.2) is 5.11 Å². The highest BCUT2D eigenvalue weighted by Gasteiger charge is 2.26. The molecular weight excluding hydrogens is 380 g/mol. The third-order valence-electron chi connectivity index (χ3n) is 6.21. The van der Waals surface area contributed by atoms with Crippen molar-refractivity contribution in [2.45, 2.75) is 31.5 Å². The first-order valence-corrected chi connectivity index (χ1v) is 10.9. The molecule has 0 aliphatic heterocycles. The summed E-state index contributed by atoms with van der Waals surface area (Å²) < 4.78 is 6.01. The van der Waals surface area contributed by atoms with Gasteiger partial charge in [0.2, 0.25) is 0 Å². The fraction of sp³-hybridized carbons (Fsp3) is 0.172. The van der Waals surface area contributed by atoms with Gasteiger partial charge in [0.15, 0.2) is 0 Å². The van der Waals surface area contributed by atoms with Gasteiger partial charge >= 0.3 is 0 Å². The molecule has 0 radical (unpaired) electrons. The third kappa shape index (κ3) is 4.40. The zero-order chi connectivity index (χ0) is 21.0. The second-order valence-electron chi connectivity index (χ2n) is 8.27. The molecule has 0 bridgehead atoms. The molecule has 0 fully saturated rings. The molecule has 1 aliphatic carbocycles. The number of benzene rings is 4. The molecule has 154 valence electrons. The molecule has 1 N–H and O–H groups in total. The van der Waals surface area contributed by atoms with Crippen LogP contribution in [0.1, 0.15) is 40.7 Å². The van der Waals surface area contributed by atoms with Crippen LogP contribution in [0.4, 0.5) is 0 Å². The van der Waals surface area contributed by atoms with Crippen LogP contribution in [0.5, 0.6) is 5.75 Å². The number of hydrogen-bond acceptors (Lipinski definition) is 2. The summed E-state index contributed by atoms with van der Waals surface area (Å²) in [6.07, 6.45) is 1.36. The van der Waals surface area contributed by atoms with Gasteiger partial charge in [-0.1, -0.05) is 91.0 Å². The molecule has 5 rings (SSSR count). The number of fused-ring (bicyclic) bond motifs is 1. The molecular formula is C29H26O2. The number of aliphatic hydroxyl groups excluding tert-OH is 1. The number of ether oxygens (including phenoxy) is 1. The van der Waals surface area contributed by atoms with E-state index in [-0.39, 0.29) is 6.10 Å².